The van der Waals surface area contributed by atoms with Crippen LogP contribution >= 0.6 is 0 Å². The molecule has 3 rings (SSSR count). The second kappa shape index (κ2) is 7.91. The first-order chi connectivity index (χ1) is 12.6. The summed E-state index contributed by atoms with van der Waals surface area (Å²) in [4.78, 5) is 21.8. The fourth-order valence-corrected chi connectivity index (χ4v) is 2.76. The minimum absolute atomic E-state index is 0.0346. The summed E-state index contributed by atoms with van der Waals surface area (Å²) in [7, 11) is 1.78. The van der Waals surface area contributed by atoms with E-state index in [1.54, 1.807) is 24.3 Å². The average Bonchev–Trinajstić information content (AvgIpc) is 3.06. The molecule has 0 saturated heterocycles. The number of fused-ring (bicyclic) bond motifs is 1. The number of benzene rings is 1. The number of anilines is 1. The molecule has 0 saturated carbocycles. The predicted octanol–water partition coefficient (Wildman–Crippen LogP) is 3.53. The number of nitrogens with zero attached hydrogens (tertiary/aromatic N) is 2. The topological polar surface area (TPSA) is 70.2 Å². The molecule has 0 radical (unpaired) electrons. The second-order valence-electron chi connectivity index (χ2n) is 6.48. The summed E-state index contributed by atoms with van der Waals surface area (Å²) in [5.41, 5.74) is 2.48. The number of rotatable bonds is 7. The summed E-state index contributed by atoms with van der Waals surface area (Å²) in [6.07, 6.45) is 3.45. The van der Waals surface area contributed by atoms with Gasteiger partial charge in [-0.1, -0.05) is 18.2 Å². The van der Waals surface area contributed by atoms with Gasteiger partial charge in [-0.3, -0.25) is 4.79 Å². The number of hydrogen-bond donors (Lipinski definition) is 2. The lowest BCUT2D eigenvalue weighted by molar-refractivity contribution is 0.0775. The van der Waals surface area contributed by atoms with Crippen LogP contribution in [0.15, 0.2) is 48.8 Å². The van der Waals surface area contributed by atoms with Crippen LogP contribution in [-0.2, 0) is 0 Å². The minimum Gasteiger partial charge on any atom is -0.474 e. The maximum Gasteiger partial charge on any atom is 0.255 e. The first kappa shape index (κ1) is 17.8. The Balaban J connectivity index is 1.61. The highest BCUT2D eigenvalue weighted by Crippen LogP contribution is 2.22. The van der Waals surface area contributed by atoms with Crippen LogP contribution in [0.1, 0.15) is 24.2 Å². The molecule has 0 unspecified atom stereocenters. The van der Waals surface area contributed by atoms with Gasteiger partial charge in [0, 0.05) is 36.4 Å². The number of para-hydroxylation sites is 1. The molecule has 0 bridgehead atoms. The Kier molecular flexibility index (Phi) is 5.41. The van der Waals surface area contributed by atoms with Crippen LogP contribution in [-0.4, -0.2) is 47.0 Å². The Morgan fingerprint density at radius 2 is 2.08 bits per heavy atom. The van der Waals surface area contributed by atoms with Gasteiger partial charge in [0.1, 0.15) is 6.61 Å². The molecule has 2 heterocycles. The summed E-state index contributed by atoms with van der Waals surface area (Å²) < 4.78 is 5.79. The molecule has 0 aliphatic heterocycles. The smallest absolute Gasteiger partial charge is 0.255 e. The van der Waals surface area contributed by atoms with Crippen LogP contribution in [0.5, 0.6) is 5.88 Å². The molecule has 1 aromatic carbocycles. The van der Waals surface area contributed by atoms with Crippen molar-refractivity contribution in [3.05, 3.63) is 54.4 Å². The third-order valence-corrected chi connectivity index (χ3v) is 4.05. The largest absolute Gasteiger partial charge is 0.474 e. The summed E-state index contributed by atoms with van der Waals surface area (Å²) in [6.45, 7) is 4.96. The van der Waals surface area contributed by atoms with Gasteiger partial charge in [-0.2, -0.15) is 0 Å². The van der Waals surface area contributed by atoms with E-state index >= 15 is 0 Å². The molecule has 6 nitrogen and oxygen atoms in total. The monoisotopic (exact) mass is 352 g/mol. The molecule has 3 aromatic rings. The minimum atomic E-state index is -0.0346. The molecule has 26 heavy (non-hydrogen) atoms. The van der Waals surface area contributed by atoms with Crippen molar-refractivity contribution in [3.63, 3.8) is 0 Å². The van der Waals surface area contributed by atoms with Crippen molar-refractivity contribution in [2.45, 2.75) is 19.9 Å². The summed E-state index contributed by atoms with van der Waals surface area (Å²) >= 11 is 0. The number of likely N-dealkylation sites (N-methyl/N-ethyl adjacent to an activating group) is 1. The molecule has 2 N–H and O–H groups in total. The molecule has 0 aliphatic rings. The fraction of sp³-hybridized carbons (Fsp3) is 0.300. The van der Waals surface area contributed by atoms with Crippen LogP contribution < -0.4 is 10.1 Å². The molecule has 6 heteroatoms. The zero-order chi connectivity index (χ0) is 18.5. The summed E-state index contributed by atoms with van der Waals surface area (Å²) in [5, 5.41) is 4.23. The number of hydrogen-bond acceptors (Lipinski definition) is 4. The van der Waals surface area contributed by atoms with Gasteiger partial charge in [-0.25, -0.2) is 4.98 Å². The van der Waals surface area contributed by atoms with Crippen LogP contribution in [0.4, 0.5) is 5.69 Å². The number of aromatic nitrogens is 2. The van der Waals surface area contributed by atoms with Crippen molar-refractivity contribution >= 4 is 22.5 Å². The van der Waals surface area contributed by atoms with Gasteiger partial charge in [0.15, 0.2) is 0 Å². The Labute approximate surface area is 153 Å². The fourth-order valence-electron chi connectivity index (χ4n) is 2.76. The van der Waals surface area contributed by atoms with Crippen LogP contribution in [0.2, 0.25) is 0 Å². The zero-order valence-electron chi connectivity index (χ0n) is 15.3. The van der Waals surface area contributed by atoms with Gasteiger partial charge in [-0.15, -0.1) is 0 Å². The van der Waals surface area contributed by atoms with Crippen molar-refractivity contribution in [3.8, 4) is 5.88 Å². The lowest BCUT2D eigenvalue weighted by Gasteiger charge is -2.18. The average molecular weight is 352 g/mol. The maximum absolute atomic E-state index is 12.7. The number of amides is 1. The molecule has 0 atom stereocenters. The highest BCUT2D eigenvalue weighted by Gasteiger charge is 2.16. The van der Waals surface area contributed by atoms with Crippen molar-refractivity contribution in [2.75, 3.05) is 25.5 Å². The standard InChI is InChI=1S/C20H24N4O2/c1-14(2)23-18-9-6-10-21-19(18)26-12-11-24(3)20(25)16-13-22-17-8-5-4-7-15(16)17/h4-10,13-14,22-23H,11-12H2,1-3H3. The van der Waals surface area contributed by atoms with Crippen molar-refractivity contribution in [2.24, 2.45) is 0 Å². The van der Waals surface area contributed by atoms with E-state index in [1.807, 2.05) is 36.4 Å². The van der Waals surface area contributed by atoms with E-state index in [2.05, 4.69) is 29.1 Å². The Morgan fingerprint density at radius 1 is 1.27 bits per heavy atom. The maximum atomic E-state index is 12.7. The van der Waals surface area contributed by atoms with Gasteiger partial charge in [0.05, 0.1) is 17.8 Å². The molecular formula is C20H24N4O2. The van der Waals surface area contributed by atoms with Gasteiger partial charge in [0.25, 0.3) is 5.91 Å². The normalized spacial score (nSPS) is 10.9. The molecule has 0 spiro atoms. The number of carbonyl (C=O) groups excluding carboxylic acids is 1. The number of carbonyl (C=O) groups is 1. The van der Waals surface area contributed by atoms with Crippen molar-refractivity contribution < 1.29 is 9.53 Å². The van der Waals surface area contributed by atoms with Crippen LogP contribution in [0.25, 0.3) is 10.9 Å². The van der Waals surface area contributed by atoms with Gasteiger partial charge >= 0.3 is 0 Å². The highest BCUT2D eigenvalue weighted by molar-refractivity contribution is 6.06. The lowest BCUT2D eigenvalue weighted by Crippen LogP contribution is -2.31. The third kappa shape index (κ3) is 3.96. The first-order valence-electron chi connectivity index (χ1n) is 8.72. The van der Waals surface area contributed by atoms with E-state index < -0.39 is 0 Å². The zero-order valence-corrected chi connectivity index (χ0v) is 15.3. The van der Waals surface area contributed by atoms with E-state index in [4.69, 9.17) is 4.74 Å². The Hall–Kier alpha value is -3.02. The molecule has 2 aromatic heterocycles. The Morgan fingerprint density at radius 3 is 2.88 bits per heavy atom. The SMILES string of the molecule is CC(C)Nc1cccnc1OCCN(C)C(=O)c1c[nH]c2ccccc12. The van der Waals surface area contributed by atoms with E-state index in [1.165, 1.54) is 0 Å². The molecule has 0 fully saturated rings. The number of aromatic amines is 1. The summed E-state index contributed by atoms with van der Waals surface area (Å²) in [5.74, 6) is 0.516. The van der Waals surface area contributed by atoms with Crippen molar-refractivity contribution in [1.29, 1.82) is 0 Å². The lowest BCUT2D eigenvalue weighted by atomic mass is 10.1. The van der Waals surface area contributed by atoms with Gasteiger partial charge < -0.3 is 19.9 Å². The molecule has 0 aliphatic carbocycles. The van der Waals surface area contributed by atoms with Crippen molar-refractivity contribution in [1.82, 2.24) is 14.9 Å². The van der Waals surface area contributed by atoms with Gasteiger partial charge in [0.2, 0.25) is 5.88 Å². The first-order valence-corrected chi connectivity index (χ1v) is 8.72. The third-order valence-electron chi connectivity index (χ3n) is 4.05. The Bertz CT molecular complexity index is 888. The summed E-state index contributed by atoms with van der Waals surface area (Å²) in [6, 6.07) is 11.9. The van der Waals surface area contributed by atoms with Gasteiger partial charge in [-0.05, 0) is 32.0 Å². The molecule has 1 amide bonds. The number of nitrogens with one attached hydrogen (secondary N) is 2. The number of ether oxygens (including phenoxy) is 1. The van der Waals surface area contributed by atoms with E-state index in [9.17, 15) is 4.79 Å². The molecule has 136 valence electrons. The molecular weight excluding hydrogens is 328 g/mol. The quantitative estimate of drug-likeness (QED) is 0.682. The number of pyridine rings is 1. The predicted molar refractivity (Wildman–Crippen MR) is 104 cm³/mol. The van der Waals surface area contributed by atoms with E-state index in [-0.39, 0.29) is 11.9 Å². The van der Waals surface area contributed by atoms with E-state index in [0.29, 0.717) is 24.6 Å². The van der Waals surface area contributed by atoms with E-state index in [0.717, 1.165) is 16.6 Å². The van der Waals surface area contributed by atoms with Crippen LogP contribution in [0.3, 0.4) is 0 Å². The second-order valence-corrected chi connectivity index (χ2v) is 6.48. The highest BCUT2D eigenvalue weighted by atomic mass is 16.5. The number of H-pyrrole nitrogens is 1. The van der Waals surface area contributed by atoms with Crippen LogP contribution in [0, 0.1) is 0 Å².